The second-order valence-electron chi connectivity index (χ2n) is 5.60. The van der Waals surface area contributed by atoms with Gasteiger partial charge in [0.15, 0.2) is 12.4 Å². The summed E-state index contributed by atoms with van der Waals surface area (Å²) in [6.07, 6.45) is 0. The summed E-state index contributed by atoms with van der Waals surface area (Å²) in [6.45, 7) is 3.29. The number of benzene rings is 2. The Morgan fingerprint density at radius 3 is 2.20 bits per heavy atom. The molecule has 3 rings (SSSR count). The van der Waals surface area contributed by atoms with E-state index >= 15 is 0 Å². The number of aromatic nitrogens is 2. The molecule has 0 atom stereocenters. The van der Waals surface area contributed by atoms with E-state index in [1.807, 2.05) is 13.8 Å². The number of hydrogen-bond donors (Lipinski definition) is 0. The molecule has 126 valence electrons. The number of fused-ring (bicyclic) bond motifs is 1. The molecule has 0 aliphatic carbocycles. The number of halogens is 1. The van der Waals surface area contributed by atoms with Crippen molar-refractivity contribution in [2.75, 3.05) is 6.61 Å². The normalized spacial score (nSPS) is 10.7. The van der Waals surface area contributed by atoms with Crippen molar-refractivity contribution in [1.29, 1.82) is 0 Å². The van der Waals surface area contributed by atoms with Crippen LogP contribution in [0.3, 0.4) is 0 Å². The van der Waals surface area contributed by atoms with Crippen molar-refractivity contribution in [3.05, 3.63) is 70.8 Å². The van der Waals surface area contributed by atoms with Crippen LogP contribution in [0.1, 0.15) is 32.1 Å². The van der Waals surface area contributed by atoms with Crippen molar-refractivity contribution >= 4 is 22.8 Å². The molecule has 3 aromatic rings. The van der Waals surface area contributed by atoms with Gasteiger partial charge in [0.05, 0.1) is 28.0 Å². The molecule has 5 nitrogen and oxygen atoms in total. The smallest absolute Gasteiger partial charge is 0.338 e. The Morgan fingerprint density at radius 1 is 0.920 bits per heavy atom. The first kappa shape index (κ1) is 16.7. The Labute approximate surface area is 143 Å². The van der Waals surface area contributed by atoms with E-state index in [0.29, 0.717) is 11.0 Å². The molecular weight excluding hydrogens is 323 g/mol. The van der Waals surface area contributed by atoms with Gasteiger partial charge in [-0.2, -0.15) is 0 Å². The average molecular weight is 338 g/mol. The van der Waals surface area contributed by atoms with Crippen LogP contribution < -0.4 is 0 Å². The fraction of sp³-hybridized carbons (Fsp3) is 0.158. The number of rotatable bonds is 4. The monoisotopic (exact) mass is 338 g/mol. The molecule has 0 bridgehead atoms. The van der Waals surface area contributed by atoms with Crippen molar-refractivity contribution in [2.24, 2.45) is 0 Å². The number of ether oxygens (including phenoxy) is 1. The second kappa shape index (κ2) is 6.76. The van der Waals surface area contributed by atoms with Crippen LogP contribution in [0.15, 0.2) is 42.5 Å². The molecule has 0 unspecified atom stereocenters. The van der Waals surface area contributed by atoms with Gasteiger partial charge in [0.1, 0.15) is 5.82 Å². The van der Waals surface area contributed by atoms with Gasteiger partial charge in [0.25, 0.3) is 0 Å². The molecule has 0 radical (unpaired) electrons. The van der Waals surface area contributed by atoms with Gasteiger partial charge in [-0.15, -0.1) is 0 Å². The Kier molecular flexibility index (Phi) is 4.52. The van der Waals surface area contributed by atoms with Gasteiger partial charge in [0, 0.05) is 5.56 Å². The zero-order valence-electron chi connectivity index (χ0n) is 13.7. The molecule has 0 saturated carbocycles. The molecule has 0 aliphatic heterocycles. The summed E-state index contributed by atoms with van der Waals surface area (Å²) in [7, 11) is 0. The maximum atomic E-state index is 12.9. The molecular formula is C19H15FN2O3. The van der Waals surface area contributed by atoms with Gasteiger partial charge in [-0.3, -0.25) is 4.79 Å². The third kappa shape index (κ3) is 3.68. The standard InChI is InChI=1S/C19H15FN2O3/c1-11-12(2)22-17-9-14(5-8-16(17)21-11)19(24)25-10-18(23)13-3-6-15(20)7-4-13/h3-9H,10H2,1-2H3. The second-order valence-corrected chi connectivity index (χ2v) is 5.60. The number of hydrogen-bond acceptors (Lipinski definition) is 5. The summed E-state index contributed by atoms with van der Waals surface area (Å²) in [5, 5.41) is 0. The number of ketones is 1. The van der Waals surface area contributed by atoms with Gasteiger partial charge in [0.2, 0.25) is 0 Å². The molecule has 0 aliphatic rings. The van der Waals surface area contributed by atoms with Crippen molar-refractivity contribution in [3.8, 4) is 0 Å². The minimum Gasteiger partial charge on any atom is -0.454 e. The zero-order chi connectivity index (χ0) is 18.0. The molecule has 6 heteroatoms. The van der Waals surface area contributed by atoms with Crippen LogP contribution >= 0.6 is 0 Å². The lowest BCUT2D eigenvalue weighted by Crippen LogP contribution is -2.14. The first-order valence-corrected chi connectivity index (χ1v) is 7.65. The molecule has 1 aromatic heterocycles. The van der Waals surface area contributed by atoms with Crippen molar-refractivity contribution in [1.82, 2.24) is 9.97 Å². The summed E-state index contributed by atoms with van der Waals surface area (Å²) >= 11 is 0. The predicted molar refractivity (Wildman–Crippen MR) is 90.0 cm³/mol. The molecule has 25 heavy (non-hydrogen) atoms. The van der Waals surface area contributed by atoms with Crippen LogP contribution in [-0.4, -0.2) is 28.3 Å². The summed E-state index contributed by atoms with van der Waals surface area (Å²) < 4.78 is 17.9. The fourth-order valence-corrected chi connectivity index (χ4v) is 2.29. The largest absolute Gasteiger partial charge is 0.454 e. The minimum atomic E-state index is -0.627. The van der Waals surface area contributed by atoms with E-state index in [9.17, 15) is 14.0 Å². The van der Waals surface area contributed by atoms with E-state index in [1.54, 1.807) is 18.2 Å². The highest BCUT2D eigenvalue weighted by Gasteiger charge is 2.13. The third-order valence-electron chi connectivity index (χ3n) is 3.81. The number of Topliss-reactive ketones (excluding diaryl/α,β-unsaturated/α-hetero) is 1. The molecule has 0 amide bonds. The van der Waals surface area contributed by atoms with Gasteiger partial charge in [-0.1, -0.05) is 0 Å². The van der Waals surface area contributed by atoms with Crippen LogP contribution in [0, 0.1) is 19.7 Å². The van der Waals surface area contributed by atoms with Crippen LogP contribution in [-0.2, 0) is 4.74 Å². The Bertz CT molecular complexity index is 968. The Morgan fingerprint density at radius 2 is 1.52 bits per heavy atom. The molecule has 2 aromatic carbocycles. The number of carbonyl (C=O) groups is 2. The van der Waals surface area contributed by atoms with E-state index in [2.05, 4.69) is 9.97 Å². The van der Waals surface area contributed by atoms with E-state index < -0.39 is 24.2 Å². The lowest BCUT2D eigenvalue weighted by atomic mass is 10.1. The molecule has 1 heterocycles. The van der Waals surface area contributed by atoms with E-state index in [0.717, 1.165) is 11.4 Å². The molecule has 0 fully saturated rings. The minimum absolute atomic E-state index is 0.282. The quantitative estimate of drug-likeness (QED) is 0.538. The van der Waals surface area contributed by atoms with Crippen LogP contribution in [0.4, 0.5) is 4.39 Å². The highest BCUT2D eigenvalue weighted by atomic mass is 19.1. The van der Waals surface area contributed by atoms with E-state index in [-0.39, 0.29) is 11.1 Å². The van der Waals surface area contributed by atoms with Crippen LogP contribution in [0.5, 0.6) is 0 Å². The van der Waals surface area contributed by atoms with Crippen LogP contribution in [0.25, 0.3) is 11.0 Å². The number of esters is 1. The summed E-state index contributed by atoms with van der Waals surface area (Å²) in [5.41, 5.74) is 3.45. The summed E-state index contributed by atoms with van der Waals surface area (Å²) in [5.74, 6) is -1.46. The first-order valence-electron chi connectivity index (χ1n) is 7.65. The Hall–Kier alpha value is -3.15. The average Bonchev–Trinajstić information content (AvgIpc) is 2.60. The maximum absolute atomic E-state index is 12.9. The van der Waals surface area contributed by atoms with Crippen molar-refractivity contribution in [3.63, 3.8) is 0 Å². The Balaban J connectivity index is 1.72. The van der Waals surface area contributed by atoms with Crippen molar-refractivity contribution < 1.29 is 18.7 Å². The third-order valence-corrected chi connectivity index (χ3v) is 3.81. The number of aryl methyl sites for hydroxylation is 2. The molecule has 0 saturated heterocycles. The molecule has 0 spiro atoms. The lowest BCUT2D eigenvalue weighted by molar-refractivity contribution is 0.0475. The highest BCUT2D eigenvalue weighted by molar-refractivity contribution is 6.00. The van der Waals surface area contributed by atoms with Gasteiger partial charge in [-0.05, 0) is 56.3 Å². The molecule has 0 N–H and O–H groups in total. The topological polar surface area (TPSA) is 69.2 Å². The summed E-state index contributed by atoms with van der Waals surface area (Å²) in [4.78, 5) is 32.9. The SMILES string of the molecule is Cc1nc2ccc(C(=O)OCC(=O)c3ccc(F)cc3)cc2nc1C. The summed E-state index contributed by atoms with van der Waals surface area (Å²) in [6, 6.07) is 9.91. The van der Waals surface area contributed by atoms with Gasteiger partial charge >= 0.3 is 5.97 Å². The van der Waals surface area contributed by atoms with E-state index in [4.69, 9.17) is 4.74 Å². The van der Waals surface area contributed by atoms with Gasteiger partial charge < -0.3 is 4.74 Å². The van der Waals surface area contributed by atoms with Crippen LogP contribution in [0.2, 0.25) is 0 Å². The fourth-order valence-electron chi connectivity index (χ4n) is 2.29. The van der Waals surface area contributed by atoms with Crippen molar-refractivity contribution in [2.45, 2.75) is 13.8 Å². The lowest BCUT2D eigenvalue weighted by Gasteiger charge is -2.06. The van der Waals surface area contributed by atoms with E-state index in [1.165, 1.54) is 24.3 Å². The predicted octanol–water partition coefficient (Wildman–Crippen LogP) is 3.43. The number of nitrogens with zero attached hydrogens (tertiary/aromatic N) is 2. The number of carbonyl (C=O) groups excluding carboxylic acids is 2. The first-order chi connectivity index (χ1) is 11.9. The van der Waals surface area contributed by atoms with Gasteiger partial charge in [-0.25, -0.2) is 19.2 Å². The highest BCUT2D eigenvalue weighted by Crippen LogP contribution is 2.15. The maximum Gasteiger partial charge on any atom is 0.338 e. The zero-order valence-corrected chi connectivity index (χ0v) is 13.7.